The summed E-state index contributed by atoms with van der Waals surface area (Å²) in [5, 5.41) is 13.3. The van der Waals surface area contributed by atoms with Gasteiger partial charge in [0.15, 0.2) is 10.8 Å². The number of nitrogens with one attached hydrogen (secondary N) is 1. The van der Waals surface area contributed by atoms with Gasteiger partial charge in [-0.05, 0) is 62.6 Å². The number of thioether (sulfide) groups is 1. The number of benzene rings is 2. The maximum Gasteiger partial charge on any atom is 0.237 e. The van der Waals surface area contributed by atoms with Crippen molar-refractivity contribution in [1.29, 1.82) is 0 Å². The first-order chi connectivity index (χ1) is 13.4. The Morgan fingerprint density at radius 3 is 2.64 bits per heavy atom. The van der Waals surface area contributed by atoms with Gasteiger partial charge in [0.2, 0.25) is 5.91 Å². The Kier molecular flexibility index (Phi) is 4.81. The molecule has 0 bridgehead atoms. The molecule has 0 saturated heterocycles. The molecule has 0 aliphatic heterocycles. The van der Waals surface area contributed by atoms with Gasteiger partial charge in [-0.3, -0.25) is 9.20 Å². The number of carbonyl (C=O) groups is 1. The fourth-order valence-electron chi connectivity index (χ4n) is 3.27. The van der Waals surface area contributed by atoms with E-state index in [4.69, 9.17) is 0 Å². The highest BCUT2D eigenvalue weighted by Gasteiger charge is 2.20. The molecule has 1 amide bonds. The van der Waals surface area contributed by atoms with Crippen LogP contribution in [-0.4, -0.2) is 25.8 Å². The molecular weight excluding hydrogens is 368 g/mol. The molecule has 0 aliphatic carbocycles. The lowest BCUT2D eigenvalue weighted by molar-refractivity contribution is -0.115. The zero-order valence-electron chi connectivity index (χ0n) is 16.4. The van der Waals surface area contributed by atoms with Crippen molar-refractivity contribution in [2.24, 2.45) is 0 Å². The summed E-state index contributed by atoms with van der Waals surface area (Å²) >= 11 is 1.42. The van der Waals surface area contributed by atoms with E-state index < -0.39 is 0 Å². The minimum absolute atomic E-state index is 0.0492. The van der Waals surface area contributed by atoms with E-state index in [-0.39, 0.29) is 11.2 Å². The number of pyridine rings is 1. The molecule has 0 fully saturated rings. The molecule has 2 aromatic carbocycles. The Labute approximate surface area is 168 Å². The molecule has 0 aliphatic rings. The standard InChI is InChI=1S/C22H22N4OS/c1-13-9-10-14(2)18(11-13)23-21(27)16(4)28-22-25-24-20-12-15(3)17-7-5-6-8-19(17)26(20)22/h5-12,16H,1-4H3,(H,23,27)/t16-/m1/s1. The summed E-state index contributed by atoms with van der Waals surface area (Å²) < 4.78 is 2.02. The van der Waals surface area contributed by atoms with Crippen LogP contribution in [0.3, 0.4) is 0 Å². The normalized spacial score (nSPS) is 12.4. The maximum atomic E-state index is 12.8. The van der Waals surface area contributed by atoms with Crippen LogP contribution >= 0.6 is 11.8 Å². The first-order valence-corrected chi connectivity index (χ1v) is 10.1. The van der Waals surface area contributed by atoms with E-state index in [1.807, 2.05) is 61.6 Å². The third-order valence-electron chi connectivity index (χ3n) is 4.88. The van der Waals surface area contributed by atoms with Crippen LogP contribution in [0.1, 0.15) is 23.6 Å². The second-order valence-corrected chi connectivity index (χ2v) is 8.40. The molecule has 2 aromatic heterocycles. The van der Waals surface area contributed by atoms with Crippen molar-refractivity contribution < 1.29 is 4.79 Å². The average Bonchev–Trinajstić information content (AvgIpc) is 3.07. The lowest BCUT2D eigenvalue weighted by Gasteiger charge is -2.14. The second-order valence-electron chi connectivity index (χ2n) is 7.09. The number of aryl methyl sites for hydroxylation is 3. The molecule has 5 nitrogen and oxygen atoms in total. The Balaban J connectivity index is 1.63. The minimum atomic E-state index is -0.313. The molecule has 0 spiro atoms. The minimum Gasteiger partial charge on any atom is -0.325 e. The van der Waals surface area contributed by atoms with Gasteiger partial charge in [0.1, 0.15) is 0 Å². The number of amides is 1. The lowest BCUT2D eigenvalue weighted by atomic mass is 10.1. The molecule has 142 valence electrons. The van der Waals surface area contributed by atoms with E-state index in [1.165, 1.54) is 11.8 Å². The Hall–Kier alpha value is -2.86. The molecule has 4 rings (SSSR count). The zero-order chi connectivity index (χ0) is 19.8. The fraction of sp³-hybridized carbons (Fsp3) is 0.227. The zero-order valence-corrected chi connectivity index (χ0v) is 17.2. The molecule has 28 heavy (non-hydrogen) atoms. The van der Waals surface area contributed by atoms with Gasteiger partial charge in [-0.15, -0.1) is 10.2 Å². The highest BCUT2D eigenvalue weighted by atomic mass is 32.2. The summed E-state index contributed by atoms with van der Waals surface area (Å²) in [5.74, 6) is -0.0492. The Bertz CT molecular complexity index is 1200. The van der Waals surface area contributed by atoms with Gasteiger partial charge in [0, 0.05) is 11.1 Å². The topological polar surface area (TPSA) is 59.3 Å². The summed E-state index contributed by atoms with van der Waals surface area (Å²) in [6.45, 7) is 7.97. The Morgan fingerprint density at radius 1 is 1.04 bits per heavy atom. The maximum absolute atomic E-state index is 12.8. The van der Waals surface area contributed by atoms with Crippen LogP contribution in [0.5, 0.6) is 0 Å². The van der Waals surface area contributed by atoms with E-state index in [1.54, 1.807) is 0 Å². The van der Waals surface area contributed by atoms with Gasteiger partial charge in [-0.25, -0.2) is 0 Å². The first kappa shape index (κ1) is 18.5. The smallest absolute Gasteiger partial charge is 0.237 e. The highest BCUT2D eigenvalue weighted by molar-refractivity contribution is 8.00. The van der Waals surface area contributed by atoms with Crippen molar-refractivity contribution in [3.63, 3.8) is 0 Å². The Morgan fingerprint density at radius 2 is 1.82 bits per heavy atom. The predicted molar refractivity (Wildman–Crippen MR) is 115 cm³/mol. The van der Waals surface area contributed by atoms with Crippen molar-refractivity contribution >= 4 is 39.9 Å². The van der Waals surface area contributed by atoms with E-state index >= 15 is 0 Å². The van der Waals surface area contributed by atoms with Gasteiger partial charge in [0.25, 0.3) is 0 Å². The number of hydrogen-bond acceptors (Lipinski definition) is 4. The summed E-state index contributed by atoms with van der Waals surface area (Å²) in [6.07, 6.45) is 0. The summed E-state index contributed by atoms with van der Waals surface area (Å²) in [5.41, 5.74) is 6.02. The summed E-state index contributed by atoms with van der Waals surface area (Å²) in [4.78, 5) is 12.8. The number of anilines is 1. The van der Waals surface area contributed by atoms with Gasteiger partial charge in [-0.2, -0.15) is 0 Å². The van der Waals surface area contributed by atoms with Gasteiger partial charge in [0.05, 0.1) is 10.8 Å². The molecule has 0 unspecified atom stereocenters. The van der Waals surface area contributed by atoms with Crippen molar-refractivity contribution in [1.82, 2.24) is 14.6 Å². The van der Waals surface area contributed by atoms with Crippen LogP contribution in [0.2, 0.25) is 0 Å². The van der Waals surface area contributed by atoms with Crippen molar-refractivity contribution in [3.05, 3.63) is 65.2 Å². The predicted octanol–water partition coefficient (Wildman–Crippen LogP) is 4.93. The van der Waals surface area contributed by atoms with Gasteiger partial charge in [-0.1, -0.05) is 42.1 Å². The van der Waals surface area contributed by atoms with E-state index in [2.05, 4.69) is 34.6 Å². The number of hydrogen-bond donors (Lipinski definition) is 1. The second kappa shape index (κ2) is 7.28. The van der Waals surface area contributed by atoms with Gasteiger partial charge < -0.3 is 5.32 Å². The van der Waals surface area contributed by atoms with E-state index in [9.17, 15) is 4.79 Å². The largest absolute Gasteiger partial charge is 0.325 e. The lowest BCUT2D eigenvalue weighted by Crippen LogP contribution is -2.23. The molecule has 4 aromatic rings. The summed E-state index contributed by atoms with van der Waals surface area (Å²) in [7, 11) is 0. The third-order valence-corrected chi connectivity index (χ3v) is 5.92. The van der Waals surface area contributed by atoms with Crippen LogP contribution < -0.4 is 5.32 Å². The number of para-hydroxylation sites is 1. The van der Waals surface area contributed by atoms with Crippen LogP contribution in [0, 0.1) is 20.8 Å². The van der Waals surface area contributed by atoms with Crippen LogP contribution in [0.4, 0.5) is 5.69 Å². The molecule has 1 N–H and O–H groups in total. The molecule has 1 atom stereocenters. The number of nitrogens with zero attached hydrogens (tertiary/aromatic N) is 3. The summed E-state index contributed by atoms with van der Waals surface area (Å²) in [6, 6.07) is 16.3. The average molecular weight is 391 g/mol. The molecule has 0 radical (unpaired) electrons. The fourth-order valence-corrected chi connectivity index (χ4v) is 4.14. The third kappa shape index (κ3) is 3.36. The molecular formula is C22H22N4OS. The number of carbonyl (C=O) groups excluding carboxylic acids is 1. The number of aromatic nitrogens is 3. The van der Waals surface area contributed by atoms with Gasteiger partial charge >= 0.3 is 0 Å². The van der Waals surface area contributed by atoms with Crippen molar-refractivity contribution in [3.8, 4) is 0 Å². The van der Waals surface area contributed by atoms with E-state index in [0.717, 1.165) is 44.1 Å². The highest BCUT2D eigenvalue weighted by Crippen LogP contribution is 2.28. The van der Waals surface area contributed by atoms with Crippen LogP contribution in [0.15, 0.2) is 53.7 Å². The van der Waals surface area contributed by atoms with E-state index in [0.29, 0.717) is 0 Å². The molecule has 6 heteroatoms. The molecule has 2 heterocycles. The monoisotopic (exact) mass is 390 g/mol. The first-order valence-electron chi connectivity index (χ1n) is 9.22. The van der Waals surface area contributed by atoms with Crippen LogP contribution in [0.25, 0.3) is 16.6 Å². The van der Waals surface area contributed by atoms with Crippen molar-refractivity contribution in [2.45, 2.75) is 38.1 Å². The quantitative estimate of drug-likeness (QED) is 0.502. The number of rotatable bonds is 4. The number of fused-ring (bicyclic) bond motifs is 3. The van der Waals surface area contributed by atoms with Crippen molar-refractivity contribution in [2.75, 3.05) is 5.32 Å². The SMILES string of the molecule is Cc1ccc(C)c(NC(=O)[C@@H](C)Sc2nnc3cc(C)c4ccccc4n23)c1. The molecule has 0 saturated carbocycles. The van der Waals surface area contributed by atoms with Crippen LogP contribution in [-0.2, 0) is 4.79 Å².